The van der Waals surface area contributed by atoms with Crippen LogP contribution in [0.5, 0.6) is 5.75 Å². The summed E-state index contributed by atoms with van der Waals surface area (Å²) in [5.74, 6) is 0.990. The molecule has 0 saturated heterocycles. The number of fused-ring (bicyclic) bond motifs is 3. The van der Waals surface area contributed by atoms with Gasteiger partial charge in [0.15, 0.2) is 0 Å². The van der Waals surface area contributed by atoms with Gasteiger partial charge in [0, 0.05) is 17.4 Å². The molecule has 1 N–H and O–H groups in total. The minimum atomic E-state index is 0.216. The maximum absolute atomic E-state index is 5.82. The van der Waals surface area contributed by atoms with Crippen molar-refractivity contribution in [3.8, 4) is 5.75 Å². The minimum absolute atomic E-state index is 0.216. The first-order valence-corrected chi connectivity index (χ1v) is 5.83. The van der Waals surface area contributed by atoms with E-state index in [2.05, 4.69) is 29.7 Å². The van der Waals surface area contributed by atoms with E-state index in [1.54, 1.807) is 7.11 Å². The van der Waals surface area contributed by atoms with Gasteiger partial charge >= 0.3 is 0 Å². The predicted molar refractivity (Wildman–Crippen MR) is 66.9 cm³/mol. The topological polar surface area (TPSA) is 30.5 Å². The largest absolute Gasteiger partial charge is 0.493 e. The van der Waals surface area contributed by atoms with Gasteiger partial charge in [-0.1, -0.05) is 36.4 Å². The van der Waals surface area contributed by atoms with Crippen LogP contribution in [0.1, 0.15) is 18.0 Å². The van der Waals surface area contributed by atoms with E-state index in [1.807, 2.05) is 12.1 Å². The summed E-state index contributed by atoms with van der Waals surface area (Å²) < 4.78 is 5.82. The molecule has 88 valence electrons. The first kappa shape index (κ1) is 10.6. The van der Waals surface area contributed by atoms with Crippen LogP contribution < -0.4 is 10.2 Å². The molecule has 1 aliphatic rings. The van der Waals surface area contributed by atoms with Gasteiger partial charge in [0.25, 0.3) is 0 Å². The van der Waals surface area contributed by atoms with Crippen molar-refractivity contribution in [1.29, 1.82) is 0 Å². The van der Waals surface area contributed by atoms with Gasteiger partial charge in [0.1, 0.15) is 5.75 Å². The number of nitrogens with one attached hydrogen (secondary N) is 1. The number of hydroxylamine groups is 1. The molecule has 17 heavy (non-hydrogen) atoms. The highest BCUT2D eigenvalue weighted by atomic mass is 16.6. The molecule has 2 aromatic carbocycles. The second kappa shape index (κ2) is 4.35. The molecule has 0 fully saturated rings. The fourth-order valence-corrected chi connectivity index (χ4v) is 2.39. The van der Waals surface area contributed by atoms with Gasteiger partial charge in [-0.15, -0.1) is 0 Å². The molecule has 3 heteroatoms. The smallest absolute Gasteiger partial charge is 0.131 e. The number of rotatable bonds is 2. The summed E-state index contributed by atoms with van der Waals surface area (Å²) in [7, 11) is 1.65. The van der Waals surface area contributed by atoms with Crippen LogP contribution in [-0.4, -0.2) is 13.7 Å². The highest BCUT2D eigenvalue weighted by molar-refractivity contribution is 5.89. The maximum atomic E-state index is 5.82. The molecule has 1 unspecified atom stereocenters. The van der Waals surface area contributed by atoms with E-state index in [0.717, 1.165) is 18.8 Å². The van der Waals surface area contributed by atoms with Crippen LogP contribution in [0.15, 0.2) is 36.4 Å². The van der Waals surface area contributed by atoms with E-state index in [1.165, 1.54) is 16.3 Å². The van der Waals surface area contributed by atoms with E-state index in [-0.39, 0.29) is 6.04 Å². The molecule has 1 heterocycles. The number of hydrogen-bond acceptors (Lipinski definition) is 3. The summed E-state index contributed by atoms with van der Waals surface area (Å²) in [4.78, 5) is 5.04. The number of hydrogen-bond donors (Lipinski definition) is 1. The van der Waals surface area contributed by atoms with Crippen molar-refractivity contribution >= 4 is 10.8 Å². The van der Waals surface area contributed by atoms with E-state index in [9.17, 15) is 0 Å². The zero-order valence-electron chi connectivity index (χ0n) is 9.77. The summed E-state index contributed by atoms with van der Waals surface area (Å²) in [6, 6.07) is 12.8. The standard InChI is InChI=1S/C14H15NO2/c1-16-15-13-8-9-17-14-11-5-3-2-4-10(11)6-7-12(13)14/h2-7,13,15H,8-9H2,1H3. The molecule has 0 saturated carbocycles. The van der Waals surface area contributed by atoms with Gasteiger partial charge < -0.3 is 9.57 Å². The van der Waals surface area contributed by atoms with Crippen LogP contribution in [-0.2, 0) is 4.84 Å². The zero-order chi connectivity index (χ0) is 11.7. The first-order chi connectivity index (χ1) is 8.40. The molecule has 1 aliphatic heterocycles. The van der Waals surface area contributed by atoms with E-state index in [0.29, 0.717) is 0 Å². The van der Waals surface area contributed by atoms with Crippen molar-refractivity contribution in [3.63, 3.8) is 0 Å². The summed E-state index contributed by atoms with van der Waals surface area (Å²) >= 11 is 0. The lowest BCUT2D eigenvalue weighted by atomic mass is 9.97. The molecule has 2 aromatic rings. The van der Waals surface area contributed by atoms with Gasteiger partial charge in [-0.25, -0.2) is 0 Å². The third-order valence-electron chi connectivity index (χ3n) is 3.20. The van der Waals surface area contributed by atoms with E-state index < -0.39 is 0 Å². The maximum Gasteiger partial charge on any atom is 0.131 e. The zero-order valence-corrected chi connectivity index (χ0v) is 9.77. The van der Waals surface area contributed by atoms with Gasteiger partial charge in [0.2, 0.25) is 0 Å². The Bertz CT molecular complexity index is 539. The van der Waals surface area contributed by atoms with E-state index >= 15 is 0 Å². The van der Waals surface area contributed by atoms with Gasteiger partial charge in [-0.3, -0.25) is 0 Å². The van der Waals surface area contributed by atoms with Gasteiger partial charge in [0.05, 0.1) is 19.8 Å². The van der Waals surface area contributed by atoms with Crippen molar-refractivity contribution in [1.82, 2.24) is 5.48 Å². The number of ether oxygens (including phenoxy) is 1. The van der Waals surface area contributed by atoms with Crippen molar-refractivity contribution < 1.29 is 9.57 Å². The van der Waals surface area contributed by atoms with Crippen LogP contribution in [0, 0.1) is 0 Å². The Kier molecular flexibility index (Phi) is 2.71. The third kappa shape index (κ3) is 1.77. The first-order valence-electron chi connectivity index (χ1n) is 5.83. The van der Waals surface area contributed by atoms with E-state index in [4.69, 9.17) is 9.57 Å². The summed E-state index contributed by atoms with van der Waals surface area (Å²) in [6.45, 7) is 0.724. The number of benzene rings is 2. The molecule has 3 nitrogen and oxygen atoms in total. The highest BCUT2D eigenvalue weighted by Crippen LogP contribution is 2.37. The third-order valence-corrected chi connectivity index (χ3v) is 3.20. The Morgan fingerprint density at radius 3 is 3.00 bits per heavy atom. The molecular formula is C14H15NO2. The summed E-state index contributed by atoms with van der Waals surface area (Å²) in [5, 5.41) is 2.39. The SMILES string of the molecule is CONC1CCOc2c1ccc1ccccc21. The molecule has 3 rings (SSSR count). The normalized spacial score (nSPS) is 18.8. The quantitative estimate of drug-likeness (QED) is 0.803. The summed E-state index contributed by atoms with van der Waals surface area (Å²) in [6.07, 6.45) is 0.930. The van der Waals surface area contributed by atoms with Gasteiger partial charge in [-0.05, 0) is 5.39 Å². The van der Waals surface area contributed by atoms with Crippen LogP contribution in [0.4, 0.5) is 0 Å². The van der Waals surface area contributed by atoms with Crippen molar-refractivity contribution in [3.05, 3.63) is 42.0 Å². The Labute approximate surface area is 100 Å². The van der Waals surface area contributed by atoms with Crippen LogP contribution in [0.3, 0.4) is 0 Å². The molecule has 0 aliphatic carbocycles. The lowest BCUT2D eigenvalue weighted by Gasteiger charge is -2.26. The van der Waals surface area contributed by atoms with Gasteiger partial charge in [-0.2, -0.15) is 5.48 Å². The van der Waals surface area contributed by atoms with Crippen molar-refractivity contribution in [2.45, 2.75) is 12.5 Å². The van der Waals surface area contributed by atoms with Crippen LogP contribution in [0.2, 0.25) is 0 Å². The average molecular weight is 229 g/mol. The minimum Gasteiger partial charge on any atom is -0.493 e. The molecule has 0 amide bonds. The molecular weight excluding hydrogens is 214 g/mol. The van der Waals surface area contributed by atoms with Crippen LogP contribution in [0.25, 0.3) is 10.8 Å². The summed E-state index contributed by atoms with van der Waals surface area (Å²) in [5.41, 5.74) is 4.20. The Morgan fingerprint density at radius 2 is 2.12 bits per heavy atom. The fourth-order valence-electron chi connectivity index (χ4n) is 2.39. The second-order valence-corrected chi connectivity index (χ2v) is 4.22. The Balaban J connectivity index is 2.16. The second-order valence-electron chi connectivity index (χ2n) is 4.22. The Hall–Kier alpha value is -1.58. The highest BCUT2D eigenvalue weighted by Gasteiger charge is 2.22. The van der Waals surface area contributed by atoms with Crippen LogP contribution >= 0.6 is 0 Å². The monoisotopic (exact) mass is 229 g/mol. The predicted octanol–water partition coefficient (Wildman–Crippen LogP) is 2.81. The molecule has 1 atom stereocenters. The average Bonchev–Trinajstić information content (AvgIpc) is 2.39. The molecule has 0 aromatic heterocycles. The molecule has 0 spiro atoms. The van der Waals surface area contributed by atoms with Crippen molar-refractivity contribution in [2.75, 3.05) is 13.7 Å². The lowest BCUT2D eigenvalue weighted by Crippen LogP contribution is -2.26. The lowest BCUT2D eigenvalue weighted by molar-refractivity contribution is 0.0466. The fraction of sp³-hybridized carbons (Fsp3) is 0.286. The Morgan fingerprint density at radius 1 is 1.24 bits per heavy atom. The molecule has 0 bridgehead atoms. The van der Waals surface area contributed by atoms with Crippen molar-refractivity contribution in [2.24, 2.45) is 0 Å². The molecule has 0 radical (unpaired) electrons.